The Balaban J connectivity index is 4.44. The average Bonchev–Trinajstić information content (AvgIpc) is 1.84. The van der Waals surface area contributed by atoms with E-state index in [1.807, 2.05) is 0 Å². The smallest absolute Gasteiger partial charge is 0.345 e. The first-order valence-corrected chi connectivity index (χ1v) is 4.73. The van der Waals surface area contributed by atoms with E-state index in [-0.39, 0.29) is 0 Å². The molecule has 12 heavy (non-hydrogen) atoms. The largest absolute Gasteiger partial charge is 0.469 e. The van der Waals surface area contributed by atoms with Gasteiger partial charge in [0, 0.05) is 0 Å². The van der Waals surface area contributed by atoms with Crippen LogP contribution < -0.4 is 5.73 Å². The Morgan fingerprint density at radius 3 is 2.33 bits per heavy atom. The fourth-order valence-corrected chi connectivity index (χ4v) is 0.802. The van der Waals surface area contributed by atoms with Crippen molar-refractivity contribution in [3.8, 4) is 0 Å². The summed E-state index contributed by atoms with van der Waals surface area (Å²) >= 11 is 0. The number of carbonyl (C=O) groups excluding carboxylic acids is 1. The molecule has 0 fully saturated rings. The highest BCUT2D eigenvalue weighted by molar-refractivity contribution is 7.53. The van der Waals surface area contributed by atoms with Gasteiger partial charge in [0.1, 0.15) is 5.28 Å². The van der Waals surface area contributed by atoms with Gasteiger partial charge in [-0.1, -0.05) is 0 Å². The molecule has 1 atom stereocenters. The molecule has 0 saturated heterocycles. The zero-order chi connectivity index (χ0) is 9.99. The van der Waals surface area contributed by atoms with Crippen LogP contribution in [0, 0.1) is 0 Å². The van der Waals surface area contributed by atoms with Gasteiger partial charge < -0.3 is 20.3 Å². The van der Waals surface area contributed by atoms with E-state index in [9.17, 15) is 9.36 Å². The van der Waals surface area contributed by atoms with Crippen molar-refractivity contribution in [2.24, 2.45) is 5.73 Å². The Bertz CT molecular complexity index is 220. The van der Waals surface area contributed by atoms with Crippen molar-refractivity contribution in [1.29, 1.82) is 0 Å². The van der Waals surface area contributed by atoms with Gasteiger partial charge in [0.2, 0.25) is 0 Å². The molecular formula is C5H12NO5P. The van der Waals surface area contributed by atoms with E-state index in [2.05, 4.69) is 4.74 Å². The van der Waals surface area contributed by atoms with Gasteiger partial charge in [-0.15, -0.1) is 0 Å². The molecule has 0 amide bonds. The third-order valence-electron chi connectivity index (χ3n) is 1.40. The summed E-state index contributed by atoms with van der Waals surface area (Å²) in [6.45, 7) is 1.10. The highest BCUT2D eigenvalue weighted by Gasteiger charge is 2.40. The number of methoxy groups -OCH3 is 1. The lowest BCUT2D eigenvalue weighted by Crippen LogP contribution is -2.38. The van der Waals surface area contributed by atoms with Gasteiger partial charge in [0.15, 0.2) is 0 Å². The number of hydrogen-bond acceptors (Lipinski definition) is 4. The quantitative estimate of drug-likeness (QED) is 0.411. The van der Waals surface area contributed by atoms with Crippen LogP contribution in [-0.4, -0.2) is 28.1 Å². The fourth-order valence-electron chi connectivity index (χ4n) is 0.467. The molecule has 7 heteroatoms. The van der Waals surface area contributed by atoms with E-state index in [4.69, 9.17) is 15.5 Å². The number of ether oxygens (including phenoxy) is 1. The molecule has 0 aromatic carbocycles. The van der Waals surface area contributed by atoms with E-state index >= 15 is 0 Å². The summed E-state index contributed by atoms with van der Waals surface area (Å²) in [4.78, 5) is 28.0. The minimum Gasteiger partial charge on any atom is -0.469 e. The van der Waals surface area contributed by atoms with Crippen LogP contribution in [-0.2, 0) is 14.1 Å². The van der Waals surface area contributed by atoms with E-state index in [0.29, 0.717) is 0 Å². The van der Waals surface area contributed by atoms with Crippen LogP contribution in [0.1, 0.15) is 13.3 Å². The fraction of sp³-hybridized carbons (Fsp3) is 0.800. The van der Waals surface area contributed by atoms with Crippen molar-refractivity contribution in [3.05, 3.63) is 0 Å². The first-order valence-electron chi connectivity index (χ1n) is 3.12. The molecule has 0 radical (unpaired) electrons. The van der Waals surface area contributed by atoms with Crippen molar-refractivity contribution in [1.82, 2.24) is 0 Å². The maximum atomic E-state index is 10.7. The second kappa shape index (κ2) is 3.53. The zero-order valence-corrected chi connectivity index (χ0v) is 7.75. The second-order valence-electron chi connectivity index (χ2n) is 2.65. The number of hydrogen-bond donors (Lipinski definition) is 3. The Hall–Kier alpha value is -0.420. The van der Waals surface area contributed by atoms with E-state index in [1.165, 1.54) is 0 Å². The molecule has 0 aromatic rings. The molecular weight excluding hydrogens is 185 g/mol. The summed E-state index contributed by atoms with van der Waals surface area (Å²) in [6.07, 6.45) is -0.506. The van der Waals surface area contributed by atoms with Crippen LogP contribution in [0.5, 0.6) is 0 Å². The second-order valence-corrected chi connectivity index (χ2v) is 4.76. The summed E-state index contributed by atoms with van der Waals surface area (Å²) < 4.78 is 14.9. The van der Waals surface area contributed by atoms with Gasteiger partial charge in [-0.25, -0.2) is 0 Å². The summed E-state index contributed by atoms with van der Waals surface area (Å²) in [5, 5.41) is -1.85. The van der Waals surface area contributed by atoms with Gasteiger partial charge in [-0.2, -0.15) is 0 Å². The summed E-state index contributed by atoms with van der Waals surface area (Å²) in [6, 6.07) is 0. The molecule has 6 nitrogen and oxygen atoms in total. The summed E-state index contributed by atoms with van der Waals surface area (Å²) in [5.41, 5.74) is 5.21. The monoisotopic (exact) mass is 197 g/mol. The van der Waals surface area contributed by atoms with Crippen LogP contribution in [0.15, 0.2) is 0 Å². The lowest BCUT2D eigenvalue weighted by atomic mass is 10.2. The molecule has 0 aliphatic rings. The van der Waals surface area contributed by atoms with Crippen molar-refractivity contribution in [2.45, 2.75) is 18.6 Å². The Kier molecular flexibility index (Phi) is 3.41. The topological polar surface area (TPSA) is 110 Å². The predicted molar refractivity (Wildman–Crippen MR) is 41.3 cm³/mol. The number of nitrogens with two attached hydrogens (primary N) is 1. The van der Waals surface area contributed by atoms with E-state index < -0.39 is 25.3 Å². The van der Waals surface area contributed by atoms with Crippen molar-refractivity contribution in [2.75, 3.05) is 7.11 Å². The Labute approximate surface area is 69.9 Å². The van der Waals surface area contributed by atoms with Gasteiger partial charge in [0.25, 0.3) is 0 Å². The van der Waals surface area contributed by atoms with Crippen molar-refractivity contribution in [3.63, 3.8) is 0 Å². The molecule has 0 bridgehead atoms. The number of carbonyl (C=O) groups is 1. The lowest BCUT2D eigenvalue weighted by molar-refractivity contribution is -0.141. The van der Waals surface area contributed by atoms with E-state index in [1.54, 1.807) is 0 Å². The molecule has 0 saturated carbocycles. The first kappa shape index (κ1) is 11.6. The molecule has 0 aliphatic heterocycles. The SMILES string of the molecule is COC(=O)C[C@](C)(N)P(=O)(O)O. The molecule has 0 unspecified atom stereocenters. The third-order valence-corrected chi connectivity index (χ3v) is 2.88. The highest BCUT2D eigenvalue weighted by atomic mass is 31.2. The molecule has 0 spiro atoms. The summed E-state index contributed by atoms with van der Waals surface area (Å²) in [5.74, 6) is -0.747. The van der Waals surface area contributed by atoms with Gasteiger partial charge >= 0.3 is 13.6 Å². The molecule has 0 aromatic heterocycles. The van der Waals surface area contributed by atoms with Crippen LogP contribution in [0.3, 0.4) is 0 Å². The predicted octanol–water partition coefficient (Wildman–Crippen LogP) is -0.598. The first-order chi connectivity index (χ1) is 5.20. The van der Waals surface area contributed by atoms with Gasteiger partial charge in [0.05, 0.1) is 13.5 Å². The van der Waals surface area contributed by atoms with Crippen LogP contribution >= 0.6 is 7.60 Å². The lowest BCUT2D eigenvalue weighted by Gasteiger charge is -2.23. The van der Waals surface area contributed by atoms with Crippen LogP contribution in [0.4, 0.5) is 0 Å². The minimum atomic E-state index is -4.46. The van der Waals surface area contributed by atoms with Crippen molar-refractivity contribution < 1.29 is 23.9 Å². The minimum absolute atomic E-state index is 0.506. The normalized spacial score (nSPS) is 16.8. The molecule has 0 rings (SSSR count). The molecule has 0 heterocycles. The zero-order valence-electron chi connectivity index (χ0n) is 6.85. The van der Waals surface area contributed by atoms with Crippen molar-refractivity contribution >= 4 is 13.6 Å². The maximum Gasteiger partial charge on any atom is 0.345 e. The van der Waals surface area contributed by atoms with Gasteiger partial charge in [-0.3, -0.25) is 9.36 Å². The highest BCUT2D eigenvalue weighted by Crippen LogP contribution is 2.48. The molecule has 4 N–H and O–H groups in total. The van der Waals surface area contributed by atoms with E-state index in [0.717, 1.165) is 14.0 Å². The Morgan fingerprint density at radius 1 is 1.67 bits per heavy atom. The Morgan fingerprint density at radius 2 is 2.08 bits per heavy atom. The van der Waals surface area contributed by atoms with Crippen LogP contribution in [0.2, 0.25) is 0 Å². The standard InChI is InChI=1S/C5H12NO5P/c1-5(6,12(8,9)10)3-4(7)11-2/h3,6H2,1-2H3,(H2,8,9,10)/t5-/m1/s1. The molecule has 72 valence electrons. The average molecular weight is 197 g/mol. The third kappa shape index (κ3) is 2.91. The maximum absolute atomic E-state index is 10.7. The summed E-state index contributed by atoms with van der Waals surface area (Å²) in [7, 11) is -3.34. The van der Waals surface area contributed by atoms with Crippen LogP contribution in [0.25, 0.3) is 0 Å². The number of rotatable bonds is 3. The number of esters is 1. The van der Waals surface area contributed by atoms with Gasteiger partial charge in [-0.05, 0) is 6.92 Å². The molecule has 0 aliphatic carbocycles.